The van der Waals surface area contributed by atoms with Gasteiger partial charge in [-0.2, -0.15) is 0 Å². The third-order valence-corrected chi connectivity index (χ3v) is 6.01. The number of hydrogen-bond donors (Lipinski definition) is 1. The fourth-order valence-corrected chi connectivity index (χ4v) is 4.53. The molecule has 1 unspecified atom stereocenters. The number of rotatable bonds is 5. The molecule has 0 aliphatic carbocycles. The van der Waals surface area contributed by atoms with E-state index in [4.69, 9.17) is 0 Å². The zero-order valence-electron chi connectivity index (χ0n) is 17.2. The standard InChI is InChI=1S/C22H30FN5O/c1-2-12-27-13-7-5-8-19(27)22(29)24-16-10-11-18(23)17(15-16)21-26-25-20-9-4-3-6-14-28(20)21/h10-11,15,19H,2-9,12-14H2,1H3,(H,24,29). The number of benzene rings is 1. The maximum Gasteiger partial charge on any atom is 0.241 e. The van der Waals surface area contributed by atoms with Gasteiger partial charge in [0.15, 0.2) is 5.82 Å². The summed E-state index contributed by atoms with van der Waals surface area (Å²) in [4.78, 5) is 15.2. The molecule has 3 heterocycles. The summed E-state index contributed by atoms with van der Waals surface area (Å²) in [5.41, 5.74) is 1.01. The summed E-state index contributed by atoms with van der Waals surface area (Å²) in [6.45, 7) is 4.84. The molecule has 1 aromatic carbocycles. The van der Waals surface area contributed by atoms with Crippen molar-refractivity contribution in [2.24, 2.45) is 0 Å². The number of likely N-dealkylation sites (tertiary alicyclic amines) is 1. The average Bonchev–Trinajstić information content (AvgIpc) is 2.97. The van der Waals surface area contributed by atoms with Crippen LogP contribution >= 0.6 is 0 Å². The first-order valence-electron chi connectivity index (χ1n) is 10.9. The molecule has 1 atom stereocenters. The Kier molecular flexibility index (Phi) is 6.23. The van der Waals surface area contributed by atoms with Crippen LogP contribution in [0.25, 0.3) is 11.4 Å². The Morgan fingerprint density at radius 3 is 2.90 bits per heavy atom. The number of amides is 1. The molecule has 1 fully saturated rings. The molecule has 7 heteroatoms. The first-order chi connectivity index (χ1) is 14.2. The summed E-state index contributed by atoms with van der Waals surface area (Å²) in [6.07, 6.45) is 8.27. The molecular formula is C22H30FN5O. The van der Waals surface area contributed by atoms with Gasteiger partial charge < -0.3 is 9.88 Å². The fraction of sp³-hybridized carbons (Fsp3) is 0.591. The van der Waals surface area contributed by atoms with Crippen molar-refractivity contribution in [2.45, 2.75) is 70.9 Å². The molecule has 29 heavy (non-hydrogen) atoms. The Bertz CT molecular complexity index is 863. The van der Waals surface area contributed by atoms with Gasteiger partial charge in [0.25, 0.3) is 0 Å². The summed E-state index contributed by atoms with van der Waals surface area (Å²) in [5, 5.41) is 11.6. The van der Waals surface area contributed by atoms with Gasteiger partial charge in [0, 0.05) is 18.7 Å². The highest BCUT2D eigenvalue weighted by molar-refractivity contribution is 5.95. The molecule has 2 aliphatic heterocycles. The number of anilines is 1. The molecule has 0 saturated carbocycles. The van der Waals surface area contributed by atoms with Crippen molar-refractivity contribution in [2.75, 3.05) is 18.4 Å². The monoisotopic (exact) mass is 399 g/mol. The van der Waals surface area contributed by atoms with Gasteiger partial charge in [-0.1, -0.05) is 19.8 Å². The van der Waals surface area contributed by atoms with Crippen LogP contribution in [0, 0.1) is 5.82 Å². The molecule has 0 spiro atoms. The van der Waals surface area contributed by atoms with Gasteiger partial charge in [-0.15, -0.1) is 10.2 Å². The van der Waals surface area contributed by atoms with Crippen molar-refractivity contribution in [1.29, 1.82) is 0 Å². The van der Waals surface area contributed by atoms with Crippen LogP contribution < -0.4 is 5.32 Å². The Labute approximate surface area is 171 Å². The third kappa shape index (κ3) is 4.34. The lowest BCUT2D eigenvalue weighted by molar-refractivity contribution is -0.122. The maximum atomic E-state index is 14.7. The number of carbonyl (C=O) groups is 1. The van der Waals surface area contributed by atoms with E-state index in [9.17, 15) is 9.18 Å². The van der Waals surface area contributed by atoms with E-state index in [1.807, 2.05) is 4.57 Å². The molecule has 6 nitrogen and oxygen atoms in total. The van der Waals surface area contributed by atoms with E-state index in [0.29, 0.717) is 17.1 Å². The van der Waals surface area contributed by atoms with Crippen LogP contribution in [0.5, 0.6) is 0 Å². The second-order valence-electron chi connectivity index (χ2n) is 8.13. The molecule has 2 aliphatic rings. The van der Waals surface area contributed by atoms with E-state index >= 15 is 0 Å². The minimum absolute atomic E-state index is 0.00391. The smallest absolute Gasteiger partial charge is 0.241 e. The number of aromatic nitrogens is 3. The minimum Gasteiger partial charge on any atom is -0.325 e. The van der Waals surface area contributed by atoms with Crippen LogP contribution in [-0.2, 0) is 17.8 Å². The normalized spacial score (nSPS) is 20.1. The second kappa shape index (κ2) is 9.03. The largest absolute Gasteiger partial charge is 0.325 e. The minimum atomic E-state index is -0.340. The first-order valence-corrected chi connectivity index (χ1v) is 10.9. The highest BCUT2D eigenvalue weighted by Crippen LogP contribution is 2.28. The highest BCUT2D eigenvalue weighted by Gasteiger charge is 2.28. The molecule has 1 N–H and O–H groups in total. The Hall–Kier alpha value is -2.28. The van der Waals surface area contributed by atoms with Crippen molar-refractivity contribution in [3.63, 3.8) is 0 Å². The number of aryl methyl sites for hydroxylation is 1. The van der Waals surface area contributed by atoms with Gasteiger partial charge in [0.1, 0.15) is 11.6 Å². The molecule has 1 aromatic heterocycles. The molecule has 0 radical (unpaired) electrons. The maximum absolute atomic E-state index is 14.7. The summed E-state index contributed by atoms with van der Waals surface area (Å²) < 4.78 is 16.7. The van der Waals surface area contributed by atoms with E-state index in [-0.39, 0.29) is 17.8 Å². The lowest BCUT2D eigenvalue weighted by Gasteiger charge is -2.34. The lowest BCUT2D eigenvalue weighted by Crippen LogP contribution is -2.47. The van der Waals surface area contributed by atoms with Gasteiger partial charge in [-0.3, -0.25) is 9.69 Å². The van der Waals surface area contributed by atoms with Crippen LogP contribution in [0.4, 0.5) is 10.1 Å². The quantitative estimate of drug-likeness (QED) is 0.825. The van der Waals surface area contributed by atoms with Crippen molar-refractivity contribution in [1.82, 2.24) is 19.7 Å². The van der Waals surface area contributed by atoms with E-state index < -0.39 is 0 Å². The van der Waals surface area contributed by atoms with E-state index in [1.54, 1.807) is 12.1 Å². The SMILES string of the molecule is CCCN1CCCCC1C(=O)Nc1ccc(F)c(-c2nnc3n2CCCCC3)c1. The number of halogens is 1. The summed E-state index contributed by atoms with van der Waals surface area (Å²) >= 11 is 0. The Balaban J connectivity index is 1.56. The molecular weight excluding hydrogens is 369 g/mol. The third-order valence-electron chi connectivity index (χ3n) is 6.01. The number of carbonyl (C=O) groups excluding carboxylic acids is 1. The van der Waals surface area contributed by atoms with Gasteiger partial charge >= 0.3 is 0 Å². The first kappa shape index (κ1) is 20.0. The predicted molar refractivity (Wildman–Crippen MR) is 111 cm³/mol. The van der Waals surface area contributed by atoms with Crippen molar-refractivity contribution in [3.05, 3.63) is 29.8 Å². The van der Waals surface area contributed by atoms with Crippen molar-refractivity contribution < 1.29 is 9.18 Å². The number of piperidine rings is 1. The zero-order valence-corrected chi connectivity index (χ0v) is 17.2. The summed E-state index contributed by atoms with van der Waals surface area (Å²) in [6, 6.07) is 4.63. The van der Waals surface area contributed by atoms with Gasteiger partial charge in [-0.05, 0) is 63.4 Å². The number of nitrogens with zero attached hydrogens (tertiary/aromatic N) is 4. The number of nitrogens with one attached hydrogen (secondary N) is 1. The fourth-order valence-electron chi connectivity index (χ4n) is 4.53. The van der Waals surface area contributed by atoms with Crippen LogP contribution in [0.1, 0.15) is 57.7 Å². The van der Waals surface area contributed by atoms with Crippen LogP contribution in [0.2, 0.25) is 0 Å². The van der Waals surface area contributed by atoms with Crippen LogP contribution in [0.15, 0.2) is 18.2 Å². The van der Waals surface area contributed by atoms with Gasteiger partial charge in [-0.25, -0.2) is 4.39 Å². The number of fused-ring (bicyclic) bond motifs is 1. The van der Waals surface area contributed by atoms with E-state index in [1.165, 1.54) is 6.07 Å². The van der Waals surface area contributed by atoms with Crippen molar-refractivity contribution in [3.8, 4) is 11.4 Å². The highest BCUT2D eigenvalue weighted by atomic mass is 19.1. The second-order valence-corrected chi connectivity index (χ2v) is 8.13. The molecule has 1 amide bonds. The average molecular weight is 400 g/mol. The lowest BCUT2D eigenvalue weighted by atomic mass is 10.0. The Morgan fingerprint density at radius 1 is 1.17 bits per heavy atom. The molecule has 156 valence electrons. The summed E-state index contributed by atoms with van der Waals surface area (Å²) in [7, 11) is 0. The van der Waals surface area contributed by atoms with Crippen LogP contribution in [0.3, 0.4) is 0 Å². The molecule has 0 bridgehead atoms. The van der Waals surface area contributed by atoms with Crippen molar-refractivity contribution >= 4 is 11.6 Å². The Morgan fingerprint density at radius 2 is 2.03 bits per heavy atom. The van der Waals surface area contributed by atoms with Crippen LogP contribution in [-0.4, -0.2) is 44.7 Å². The van der Waals surface area contributed by atoms with Gasteiger partial charge in [0.2, 0.25) is 5.91 Å². The van der Waals surface area contributed by atoms with E-state index in [0.717, 1.165) is 76.8 Å². The molecule has 2 aromatic rings. The topological polar surface area (TPSA) is 63.1 Å². The zero-order chi connectivity index (χ0) is 20.2. The molecule has 4 rings (SSSR count). The molecule has 1 saturated heterocycles. The predicted octanol–water partition coefficient (Wildman–Crippen LogP) is 4.01. The van der Waals surface area contributed by atoms with Gasteiger partial charge in [0.05, 0.1) is 11.6 Å². The van der Waals surface area contributed by atoms with E-state index in [2.05, 4.69) is 27.3 Å². The number of hydrogen-bond acceptors (Lipinski definition) is 4. The summed E-state index contributed by atoms with van der Waals surface area (Å²) in [5.74, 6) is 1.13.